The zero-order valence-corrected chi connectivity index (χ0v) is 20.1. The molecule has 1 aliphatic carbocycles. The van der Waals surface area contributed by atoms with Gasteiger partial charge in [-0.05, 0) is 66.8 Å². The Morgan fingerprint density at radius 3 is 2.36 bits per heavy atom. The second-order valence-electron chi connectivity index (χ2n) is 9.45. The van der Waals surface area contributed by atoms with Crippen molar-refractivity contribution in [3.05, 3.63) is 106 Å². The first-order valence-corrected chi connectivity index (χ1v) is 12.3. The van der Waals surface area contributed by atoms with Crippen molar-refractivity contribution in [3.8, 4) is 5.75 Å². The summed E-state index contributed by atoms with van der Waals surface area (Å²) >= 11 is 0. The highest BCUT2D eigenvalue weighted by molar-refractivity contribution is 6.46. The van der Waals surface area contributed by atoms with Gasteiger partial charge in [-0.3, -0.25) is 9.59 Å². The first kappa shape index (κ1) is 23.8. The third-order valence-corrected chi connectivity index (χ3v) is 7.07. The van der Waals surface area contributed by atoms with Crippen LogP contribution in [0.5, 0.6) is 5.75 Å². The van der Waals surface area contributed by atoms with Crippen LogP contribution in [0.15, 0.2) is 78.4 Å². The van der Waals surface area contributed by atoms with E-state index in [1.807, 2.05) is 37.3 Å². The minimum absolute atomic E-state index is 0.0378. The van der Waals surface area contributed by atoms with Gasteiger partial charge in [-0.25, -0.2) is 4.39 Å². The van der Waals surface area contributed by atoms with Gasteiger partial charge in [0.2, 0.25) is 0 Å². The van der Waals surface area contributed by atoms with Gasteiger partial charge in [0.1, 0.15) is 23.9 Å². The molecule has 5 rings (SSSR count). The molecule has 184 valence electrons. The van der Waals surface area contributed by atoms with Gasteiger partial charge in [-0.15, -0.1) is 0 Å². The molecule has 2 fully saturated rings. The summed E-state index contributed by atoms with van der Waals surface area (Å²) in [5, 5.41) is 11.3. The van der Waals surface area contributed by atoms with Crippen molar-refractivity contribution in [3.63, 3.8) is 0 Å². The van der Waals surface area contributed by atoms with Crippen LogP contribution < -0.4 is 4.74 Å². The van der Waals surface area contributed by atoms with E-state index in [1.54, 1.807) is 35.2 Å². The number of hydrogen-bond donors (Lipinski definition) is 1. The molecular weight excluding hydrogens is 457 g/mol. The number of carbonyl (C=O) groups is 2. The summed E-state index contributed by atoms with van der Waals surface area (Å²) in [5.41, 5.74) is 2.89. The van der Waals surface area contributed by atoms with Crippen LogP contribution in [0.1, 0.15) is 54.0 Å². The summed E-state index contributed by atoms with van der Waals surface area (Å²) < 4.78 is 19.6. The highest BCUT2D eigenvalue weighted by atomic mass is 19.1. The number of likely N-dealkylation sites (tertiary alicyclic amines) is 1. The Kier molecular flexibility index (Phi) is 6.59. The second kappa shape index (κ2) is 9.97. The Morgan fingerprint density at radius 2 is 1.69 bits per heavy atom. The van der Waals surface area contributed by atoms with E-state index < -0.39 is 23.5 Å². The molecule has 6 heteroatoms. The number of benzene rings is 3. The zero-order valence-electron chi connectivity index (χ0n) is 20.1. The zero-order chi connectivity index (χ0) is 25.2. The van der Waals surface area contributed by atoms with Crippen molar-refractivity contribution in [1.29, 1.82) is 0 Å². The SMILES string of the molecule is Cc1cc(/C(O)=C2/C(=O)C(=O)N(C3CCCC3)C2c2ccc(F)cc2)ccc1OCc1ccccc1. The Morgan fingerprint density at radius 1 is 1.00 bits per heavy atom. The van der Waals surface area contributed by atoms with Gasteiger partial charge in [0.15, 0.2) is 0 Å². The molecule has 0 spiro atoms. The van der Waals surface area contributed by atoms with Crippen LogP contribution in [-0.2, 0) is 16.2 Å². The van der Waals surface area contributed by atoms with Crippen molar-refractivity contribution in [2.75, 3.05) is 0 Å². The molecule has 3 aromatic rings. The number of hydrogen-bond acceptors (Lipinski definition) is 4. The predicted octanol–water partition coefficient (Wildman–Crippen LogP) is 6.08. The van der Waals surface area contributed by atoms with E-state index in [-0.39, 0.29) is 17.4 Å². The molecule has 0 aromatic heterocycles. The first-order chi connectivity index (χ1) is 17.4. The molecule has 1 unspecified atom stereocenters. The van der Waals surface area contributed by atoms with Gasteiger partial charge < -0.3 is 14.7 Å². The van der Waals surface area contributed by atoms with Crippen molar-refractivity contribution < 1.29 is 23.8 Å². The number of nitrogens with zero attached hydrogens (tertiary/aromatic N) is 1. The average Bonchev–Trinajstić information content (AvgIpc) is 3.50. The normalized spacial score (nSPS) is 19.7. The highest BCUT2D eigenvalue weighted by Crippen LogP contribution is 2.43. The molecule has 5 nitrogen and oxygen atoms in total. The molecule has 1 amide bonds. The van der Waals surface area contributed by atoms with E-state index in [0.29, 0.717) is 23.5 Å². The van der Waals surface area contributed by atoms with E-state index >= 15 is 0 Å². The quantitative estimate of drug-likeness (QED) is 0.261. The second-order valence-corrected chi connectivity index (χ2v) is 9.45. The number of ether oxygens (including phenoxy) is 1. The maximum Gasteiger partial charge on any atom is 0.295 e. The van der Waals surface area contributed by atoms with Crippen LogP contribution in [0.2, 0.25) is 0 Å². The van der Waals surface area contributed by atoms with Gasteiger partial charge in [-0.2, -0.15) is 0 Å². The molecule has 1 atom stereocenters. The third kappa shape index (κ3) is 4.51. The molecule has 0 bridgehead atoms. The summed E-state index contributed by atoms with van der Waals surface area (Å²) in [5.74, 6) is -1.30. The number of amides is 1. The summed E-state index contributed by atoms with van der Waals surface area (Å²) in [6, 6.07) is 19.9. The first-order valence-electron chi connectivity index (χ1n) is 12.3. The Labute approximate surface area is 209 Å². The van der Waals surface area contributed by atoms with Gasteiger partial charge >= 0.3 is 0 Å². The van der Waals surface area contributed by atoms with Gasteiger partial charge in [0, 0.05) is 11.6 Å². The molecule has 36 heavy (non-hydrogen) atoms. The number of Topliss-reactive ketones (excluding diaryl/α,β-unsaturated/α-hetero) is 1. The van der Waals surface area contributed by atoms with Crippen LogP contribution in [-0.4, -0.2) is 27.7 Å². The number of halogens is 1. The van der Waals surface area contributed by atoms with E-state index in [0.717, 1.165) is 36.8 Å². The number of rotatable bonds is 6. The maximum absolute atomic E-state index is 13.7. The monoisotopic (exact) mass is 485 g/mol. The molecule has 1 heterocycles. The molecule has 3 aromatic carbocycles. The fraction of sp³-hybridized carbons (Fsp3) is 0.267. The third-order valence-electron chi connectivity index (χ3n) is 7.07. The summed E-state index contributed by atoms with van der Waals surface area (Å²) in [7, 11) is 0. The van der Waals surface area contributed by atoms with Gasteiger partial charge in [0.05, 0.1) is 11.6 Å². The average molecular weight is 486 g/mol. The summed E-state index contributed by atoms with van der Waals surface area (Å²) in [6.45, 7) is 2.27. The largest absolute Gasteiger partial charge is 0.507 e. The predicted molar refractivity (Wildman–Crippen MR) is 135 cm³/mol. The van der Waals surface area contributed by atoms with Crippen molar-refractivity contribution >= 4 is 17.4 Å². The lowest BCUT2D eigenvalue weighted by atomic mass is 9.94. The fourth-order valence-electron chi connectivity index (χ4n) is 5.23. The fourth-order valence-corrected chi connectivity index (χ4v) is 5.23. The smallest absolute Gasteiger partial charge is 0.295 e. The lowest BCUT2D eigenvalue weighted by molar-refractivity contribution is -0.141. The van der Waals surface area contributed by atoms with Crippen LogP contribution in [0.25, 0.3) is 5.76 Å². The highest BCUT2D eigenvalue weighted by Gasteiger charge is 2.49. The van der Waals surface area contributed by atoms with Crippen LogP contribution >= 0.6 is 0 Å². The summed E-state index contributed by atoms with van der Waals surface area (Å²) in [4.78, 5) is 28.0. The summed E-state index contributed by atoms with van der Waals surface area (Å²) in [6.07, 6.45) is 3.56. The number of carbonyl (C=O) groups excluding carboxylic acids is 2. The van der Waals surface area contributed by atoms with E-state index in [1.165, 1.54) is 12.1 Å². The van der Waals surface area contributed by atoms with Crippen molar-refractivity contribution in [1.82, 2.24) is 4.90 Å². The molecule has 1 aliphatic heterocycles. The molecule has 2 aliphatic rings. The molecule has 0 radical (unpaired) electrons. The van der Waals surface area contributed by atoms with Crippen LogP contribution in [0, 0.1) is 12.7 Å². The number of aliphatic hydroxyl groups is 1. The topological polar surface area (TPSA) is 66.8 Å². The molecular formula is C30H28FNO4. The number of aryl methyl sites for hydroxylation is 1. The molecule has 1 N–H and O–H groups in total. The minimum Gasteiger partial charge on any atom is -0.507 e. The van der Waals surface area contributed by atoms with Crippen molar-refractivity contribution in [2.45, 2.75) is 51.3 Å². The lowest BCUT2D eigenvalue weighted by Gasteiger charge is -2.30. The number of aliphatic hydroxyl groups excluding tert-OH is 1. The Balaban J connectivity index is 1.51. The van der Waals surface area contributed by atoms with Crippen molar-refractivity contribution in [2.24, 2.45) is 0 Å². The molecule has 1 saturated carbocycles. The van der Waals surface area contributed by atoms with Crippen LogP contribution in [0.4, 0.5) is 4.39 Å². The standard InChI is InChI=1S/C30H28FNO4/c1-19-17-22(13-16-25(19)36-18-20-7-3-2-4-8-20)28(33)26-27(21-11-14-23(31)15-12-21)32(30(35)29(26)34)24-9-5-6-10-24/h2-4,7-8,11-17,24,27,33H,5-6,9-10,18H2,1H3/b28-26-. The number of ketones is 1. The van der Waals surface area contributed by atoms with Crippen LogP contribution in [0.3, 0.4) is 0 Å². The Hall–Kier alpha value is -3.93. The maximum atomic E-state index is 13.7. The van der Waals surface area contributed by atoms with E-state index in [4.69, 9.17) is 4.74 Å². The molecule has 1 saturated heterocycles. The Bertz CT molecular complexity index is 1310. The van der Waals surface area contributed by atoms with Gasteiger partial charge in [-0.1, -0.05) is 55.3 Å². The lowest BCUT2D eigenvalue weighted by Crippen LogP contribution is -2.37. The minimum atomic E-state index is -0.761. The van der Waals surface area contributed by atoms with E-state index in [2.05, 4.69) is 0 Å². The van der Waals surface area contributed by atoms with Gasteiger partial charge in [0.25, 0.3) is 11.7 Å². The van der Waals surface area contributed by atoms with E-state index in [9.17, 15) is 19.1 Å².